The molecule has 3 aliphatic carbocycles. The lowest BCUT2D eigenvalue weighted by atomic mass is 9.88. The Bertz CT molecular complexity index is 1250. The Morgan fingerprint density at radius 3 is 2.46 bits per heavy atom. The van der Waals surface area contributed by atoms with Crippen molar-refractivity contribution in [2.24, 2.45) is 17.8 Å². The fourth-order valence-corrected chi connectivity index (χ4v) is 5.57. The van der Waals surface area contributed by atoms with Gasteiger partial charge in [-0.05, 0) is 82.6 Å². The molecule has 3 saturated carbocycles. The first-order chi connectivity index (χ1) is 18.0. The normalized spacial score (nSPS) is 18.7. The Labute approximate surface area is 216 Å². The molecule has 37 heavy (non-hydrogen) atoms. The molecule has 1 atom stereocenters. The van der Waals surface area contributed by atoms with Gasteiger partial charge in [-0.2, -0.15) is 10.2 Å². The molecular weight excluding hydrogens is 470 g/mol. The molecule has 0 unspecified atom stereocenters. The predicted octanol–water partition coefficient (Wildman–Crippen LogP) is 3.20. The van der Waals surface area contributed by atoms with Crippen LogP contribution in [-0.4, -0.2) is 52.4 Å². The first kappa shape index (κ1) is 23.9. The number of hydrogen-bond acceptors (Lipinski definition) is 6. The lowest BCUT2D eigenvalue weighted by Crippen LogP contribution is -2.50. The Morgan fingerprint density at radius 2 is 1.81 bits per heavy atom. The van der Waals surface area contributed by atoms with E-state index in [1.165, 1.54) is 6.42 Å². The molecule has 6 rings (SSSR count). The minimum Gasteiger partial charge on any atom is -0.339 e. The number of carbonyl (C=O) groups excluding carboxylic acids is 2. The summed E-state index contributed by atoms with van der Waals surface area (Å²) in [5.41, 5.74) is 2.09. The van der Waals surface area contributed by atoms with Gasteiger partial charge in [-0.15, -0.1) is 5.10 Å². The van der Waals surface area contributed by atoms with Crippen molar-refractivity contribution in [2.75, 3.05) is 5.32 Å². The molecule has 3 fully saturated rings. The third kappa shape index (κ3) is 5.03. The number of hydrogen-bond donors (Lipinski definition) is 2. The molecule has 11 nitrogen and oxygen atoms in total. The van der Waals surface area contributed by atoms with E-state index < -0.39 is 6.04 Å². The third-order valence-electron chi connectivity index (χ3n) is 7.97. The maximum absolute atomic E-state index is 13.6. The summed E-state index contributed by atoms with van der Waals surface area (Å²) in [5, 5.41) is 23.2. The SMILES string of the molecule is CC(C)n1nccc1C(=O)N[C@H](C(=O)Nc1cnn(Cc2cnnn2C2CCC2)c1)C(C1CC1)C1CC1. The second-order valence-electron chi connectivity index (χ2n) is 11.1. The average molecular weight is 506 g/mol. The summed E-state index contributed by atoms with van der Waals surface area (Å²) in [6.45, 7) is 4.50. The fraction of sp³-hybridized carbons (Fsp3) is 0.615. The van der Waals surface area contributed by atoms with Gasteiger partial charge in [0.1, 0.15) is 11.7 Å². The van der Waals surface area contributed by atoms with Gasteiger partial charge in [0.25, 0.3) is 5.91 Å². The van der Waals surface area contributed by atoms with Crippen molar-refractivity contribution in [1.82, 2.24) is 39.9 Å². The zero-order valence-electron chi connectivity index (χ0n) is 21.5. The highest BCUT2D eigenvalue weighted by Gasteiger charge is 2.48. The van der Waals surface area contributed by atoms with E-state index in [4.69, 9.17) is 0 Å². The fourth-order valence-electron chi connectivity index (χ4n) is 5.57. The molecule has 3 heterocycles. The number of nitrogens with one attached hydrogen (secondary N) is 2. The van der Waals surface area contributed by atoms with E-state index in [1.54, 1.807) is 34.0 Å². The molecule has 0 bridgehead atoms. The first-order valence-electron chi connectivity index (χ1n) is 13.5. The lowest BCUT2D eigenvalue weighted by molar-refractivity contribution is -0.119. The highest BCUT2D eigenvalue weighted by molar-refractivity contribution is 6.00. The van der Waals surface area contributed by atoms with Crippen LogP contribution in [0.3, 0.4) is 0 Å². The van der Waals surface area contributed by atoms with Crippen molar-refractivity contribution in [3.63, 3.8) is 0 Å². The predicted molar refractivity (Wildman–Crippen MR) is 136 cm³/mol. The smallest absolute Gasteiger partial charge is 0.270 e. The molecule has 0 aliphatic heterocycles. The van der Waals surface area contributed by atoms with E-state index in [9.17, 15) is 9.59 Å². The number of anilines is 1. The molecule has 11 heteroatoms. The Morgan fingerprint density at radius 1 is 1.05 bits per heavy atom. The highest BCUT2D eigenvalue weighted by atomic mass is 16.2. The van der Waals surface area contributed by atoms with Crippen molar-refractivity contribution in [3.8, 4) is 0 Å². The van der Waals surface area contributed by atoms with Gasteiger partial charge in [-0.25, -0.2) is 4.68 Å². The van der Waals surface area contributed by atoms with Crippen LogP contribution < -0.4 is 10.6 Å². The van der Waals surface area contributed by atoms with E-state index >= 15 is 0 Å². The van der Waals surface area contributed by atoms with Crippen LogP contribution in [0.25, 0.3) is 0 Å². The van der Waals surface area contributed by atoms with Gasteiger partial charge in [-0.3, -0.25) is 19.0 Å². The summed E-state index contributed by atoms with van der Waals surface area (Å²) in [4.78, 5) is 27.0. The molecule has 0 spiro atoms. The molecule has 3 aliphatic rings. The minimum atomic E-state index is -0.601. The van der Waals surface area contributed by atoms with Crippen molar-refractivity contribution in [3.05, 3.63) is 42.2 Å². The van der Waals surface area contributed by atoms with Crippen LogP contribution in [0.2, 0.25) is 0 Å². The van der Waals surface area contributed by atoms with Gasteiger partial charge in [0.2, 0.25) is 5.91 Å². The van der Waals surface area contributed by atoms with Crippen molar-refractivity contribution < 1.29 is 9.59 Å². The molecular formula is C26H35N9O2. The van der Waals surface area contributed by atoms with E-state index in [-0.39, 0.29) is 23.8 Å². The summed E-state index contributed by atoms with van der Waals surface area (Å²) in [6.07, 6.45) is 14.8. The third-order valence-corrected chi connectivity index (χ3v) is 7.97. The average Bonchev–Trinajstić information content (AvgIpc) is 3.71. The second kappa shape index (κ2) is 9.75. The van der Waals surface area contributed by atoms with E-state index in [0.717, 1.165) is 44.2 Å². The monoisotopic (exact) mass is 505 g/mol. The van der Waals surface area contributed by atoms with Crippen LogP contribution in [0.5, 0.6) is 0 Å². The molecule has 0 aromatic carbocycles. The Hall–Kier alpha value is -3.50. The highest BCUT2D eigenvalue weighted by Crippen LogP contribution is 2.51. The number of amides is 2. The van der Waals surface area contributed by atoms with Crippen LogP contribution >= 0.6 is 0 Å². The van der Waals surface area contributed by atoms with Crippen LogP contribution in [0.1, 0.15) is 87.1 Å². The second-order valence-corrected chi connectivity index (χ2v) is 11.1. The summed E-state index contributed by atoms with van der Waals surface area (Å²) in [5.74, 6) is 0.678. The van der Waals surface area contributed by atoms with Crippen LogP contribution in [-0.2, 0) is 11.3 Å². The number of aromatic nitrogens is 7. The van der Waals surface area contributed by atoms with Crippen molar-refractivity contribution in [2.45, 2.75) is 83.5 Å². The van der Waals surface area contributed by atoms with Gasteiger partial charge >= 0.3 is 0 Å². The molecule has 3 aromatic heterocycles. The van der Waals surface area contributed by atoms with Gasteiger partial charge in [0.15, 0.2) is 0 Å². The first-order valence-corrected chi connectivity index (χ1v) is 13.5. The van der Waals surface area contributed by atoms with E-state index in [2.05, 4.69) is 31.1 Å². The summed E-state index contributed by atoms with van der Waals surface area (Å²) >= 11 is 0. The maximum Gasteiger partial charge on any atom is 0.270 e. The summed E-state index contributed by atoms with van der Waals surface area (Å²) in [6, 6.07) is 1.58. The largest absolute Gasteiger partial charge is 0.339 e. The molecule has 3 aromatic rings. The molecule has 0 radical (unpaired) electrons. The molecule has 2 N–H and O–H groups in total. The quantitative estimate of drug-likeness (QED) is 0.412. The molecule has 196 valence electrons. The lowest BCUT2D eigenvalue weighted by Gasteiger charge is -2.27. The zero-order valence-corrected chi connectivity index (χ0v) is 21.5. The van der Waals surface area contributed by atoms with E-state index in [0.29, 0.717) is 35.8 Å². The molecule has 2 amide bonds. The van der Waals surface area contributed by atoms with Crippen molar-refractivity contribution >= 4 is 17.5 Å². The standard InChI is InChI=1S/C26H35N9O2/c1-16(2)34-22(10-11-28-34)25(36)31-24(23(17-6-7-17)18-8-9-18)26(37)30-19-12-29-33(14-19)15-21-13-27-32-35(21)20-4-3-5-20/h10-14,16-18,20,23-24H,3-9,15H2,1-2H3,(H,30,37)(H,31,36)/t24-/m0/s1. The Balaban J connectivity index is 1.17. The number of carbonyl (C=O) groups is 2. The zero-order chi connectivity index (χ0) is 25.5. The maximum atomic E-state index is 13.6. The van der Waals surface area contributed by atoms with Gasteiger partial charge in [-0.1, -0.05) is 5.21 Å². The van der Waals surface area contributed by atoms with Gasteiger partial charge < -0.3 is 10.6 Å². The summed E-state index contributed by atoms with van der Waals surface area (Å²) < 4.78 is 5.48. The van der Waals surface area contributed by atoms with E-state index in [1.807, 2.05) is 24.7 Å². The summed E-state index contributed by atoms with van der Waals surface area (Å²) in [7, 11) is 0. The van der Waals surface area contributed by atoms with Crippen LogP contribution in [0.15, 0.2) is 30.9 Å². The number of nitrogens with zero attached hydrogens (tertiary/aromatic N) is 7. The van der Waals surface area contributed by atoms with Gasteiger partial charge in [0, 0.05) is 18.4 Å². The number of rotatable bonds is 11. The Kier molecular flexibility index (Phi) is 6.29. The van der Waals surface area contributed by atoms with Crippen molar-refractivity contribution in [1.29, 1.82) is 0 Å². The topological polar surface area (TPSA) is 125 Å². The molecule has 0 saturated heterocycles. The van der Waals surface area contributed by atoms with Gasteiger partial charge in [0.05, 0.1) is 36.4 Å². The van der Waals surface area contributed by atoms with Crippen LogP contribution in [0.4, 0.5) is 5.69 Å². The minimum absolute atomic E-state index is 0.0484. The van der Waals surface area contributed by atoms with Crippen LogP contribution in [0, 0.1) is 17.8 Å².